The first-order valence-corrected chi connectivity index (χ1v) is 7.77. The molecule has 0 saturated heterocycles. The zero-order chi connectivity index (χ0) is 14.7. The molecule has 0 fully saturated rings. The van der Waals surface area contributed by atoms with Crippen molar-refractivity contribution in [1.82, 2.24) is 15.1 Å². The van der Waals surface area contributed by atoms with E-state index >= 15 is 0 Å². The van der Waals surface area contributed by atoms with Crippen LogP contribution in [-0.2, 0) is 13.0 Å². The lowest BCUT2D eigenvalue weighted by molar-refractivity contribution is 0.0936. The predicted molar refractivity (Wildman–Crippen MR) is 82.3 cm³/mol. The summed E-state index contributed by atoms with van der Waals surface area (Å²) in [6.45, 7) is 8.79. The van der Waals surface area contributed by atoms with Crippen molar-refractivity contribution in [3.8, 4) is 0 Å². The van der Waals surface area contributed by atoms with Crippen LogP contribution in [0.5, 0.6) is 0 Å². The molecule has 0 aliphatic rings. The molecule has 1 atom stereocenters. The normalized spacial score (nSPS) is 12.4. The van der Waals surface area contributed by atoms with Gasteiger partial charge < -0.3 is 5.32 Å². The topological polar surface area (TPSA) is 46.9 Å². The summed E-state index contributed by atoms with van der Waals surface area (Å²) in [4.78, 5) is 13.4. The van der Waals surface area contributed by atoms with Crippen LogP contribution in [0.2, 0.25) is 0 Å². The average Bonchev–Trinajstić information content (AvgIpc) is 2.96. The lowest BCUT2D eigenvalue weighted by Gasteiger charge is -2.14. The Bertz CT molecular complexity index is 600. The van der Waals surface area contributed by atoms with Gasteiger partial charge in [0.25, 0.3) is 5.91 Å². The van der Waals surface area contributed by atoms with E-state index in [-0.39, 0.29) is 11.9 Å². The predicted octanol–water partition coefficient (Wildman–Crippen LogP) is 2.94. The van der Waals surface area contributed by atoms with Gasteiger partial charge in [-0.05, 0) is 39.3 Å². The van der Waals surface area contributed by atoms with E-state index in [1.807, 2.05) is 43.0 Å². The number of hydrogen-bond donors (Lipinski definition) is 1. The fourth-order valence-corrected chi connectivity index (χ4v) is 2.97. The zero-order valence-electron chi connectivity index (χ0n) is 12.4. The number of carbonyl (C=O) groups is 1. The second-order valence-corrected chi connectivity index (χ2v) is 6.13. The number of nitrogens with one attached hydrogen (secondary N) is 1. The van der Waals surface area contributed by atoms with Gasteiger partial charge in [0.15, 0.2) is 0 Å². The lowest BCUT2D eigenvalue weighted by atomic mass is 10.2. The third-order valence-corrected chi connectivity index (χ3v) is 4.27. The van der Waals surface area contributed by atoms with E-state index in [1.165, 1.54) is 4.88 Å². The number of rotatable bonds is 5. The second kappa shape index (κ2) is 6.22. The van der Waals surface area contributed by atoms with Crippen LogP contribution in [0.4, 0.5) is 0 Å². The maximum Gasteiger partial charge on any atom is 0.252 e. The Morgan fingerprint density at radius 3 is 2.75 bits per heavy atom. The Morgan fingerprint density at radius 2 is 2.20 bits per heavy atom. The van der Waals surface area contributed by atoms with Crippen molar-refractivity contribution in [1.29, 1.82) is 0 Å². The molecule has 2 aromatic rings. The van der Waals surface area contributed by atoms with E-state index in [0.717, 1.165) is 23.4 Å². The summed E-state index contributed by atoms with van der Waals surface area (Å²) in [7, 11) is 0. The number of hydrogen-bond acceptors (Lipinski definition) is 3. The fourth-order valence-electron chi connectivity index (χ4n) is 2.16. The molecule has 20 heavy (non-hydrogen) atoms. The number of thiophene rings is 1. The quantitative estimate of drug-likeness (QED) is 0.920. The van der Waals surface area contributed by atoms with Gasteiger partial charge in [0.1, 0.15) is 0 Å². The van der Waals surface area contributed by atoms with E-state index in [9.17, 15) is 4.79 Å². The molecule has 0 spiro atoms. The van der Waals surface area contributed by atoms with Crippen LogP contribution in [0.25, 0.3) is 0 Å². The summed E-state index contributed by atoms with van der Waals surface area (Å²) in [6, 6.07) is 4.06. The van der Waals surface area contributed by atoms with Gasteiger partial charge in [-0.3, -0.25) is 9.48 Å². The summed E-state index contributed by atoms with van der Waals surface area (Å²) in [5.74, 6) is -0.00465. The Kier molecular flexibility index (Phi) is 4.60. The summed E-state index contributed by atoms with van der Waals surface area (Å²) >= 11 is 1.64. The van der Waals surface area contributed by atoms with Gasteiger partial charge in [0.05, 0.1) is 17.8 Å². The van der Waals surface area contributed by atoms with Crippen molar-refractivity contribution in [3.63, 3.8) is 0 Å². The maximum absolute atomic E-state index is 12.1. The molecule has 2 heterocycles. The molecule has 0 aromatic carbocycles. The SMILES string of the molecule is CCc1cc(C(=O)NC(C)Cn2nc(C)cc2C)cs1. The van der Waals surface area contributed by atoms with E-state index in [2.05, 4.69) is 17.3 Å². The summed E-state index contributed by atoms with van der Waals surface area (Å²) in [6.07, 6.45) is 0.971. The molecule has 2 rings (SSSR count). The molecule has 1 unspecified atom stereocenters. The Labute approximate surface area is 123 Å². The standard InChI is InChI=1S/C15H21N3OS/c1-5-14-7-13(9-20-14)15(19)16-11(3)8-18-12(4)6-10(2)17-18/h6-7,9,11H,5,8H2,1-4H3,(H,16,19). The third kappa shape index (κ3) is 3.48. The molecule has 108 valence electrons. The van der Waals surface area contributed by atoms with Gasteiger partial charge in [-0.25, -0.2) is 0 Å². The molecule has 1 N–H and O–H groups in total. The van der Waals surface area contributed by atoms with Crippen LogP contribution >= 0.6 is 11.3 Å². The second-order valence-electron chi connectivity index (χ2n) is 5.14. The van der Waals surface area contributed by atoms with Crippen molar-refractivity contribution in [2.24, 2.45) is 0 Å². The number of aryl methyl sites for hydroxylation is 3. The van der Waals surface area contributed by atoms with Gasteiger partial charge in [-0.2, -0.15) is 5.10 Å². The molecule has 4 nitrogen and oxygen atoms in total. The summed E-state index contributed by atoms with van der Waals surface area (Å²) < 4.78 is 1.94. The summed E-state index contributed by atoms with van der Waals surface area (Å²) in [5.41, 5.74) is 2.88. The largest absolute Gasteiger partial charge is 0.348 e. The van der Waals surface area contributed by atoms with Crippen molar-refractivity contribution in [2.45, 2.75) is 46.7 Å². The minimum atomic E-state index is -0.00465. The highest BCUT2D eigenvalue weighted by Gasteiger charge is 2.13. The number of aromatic nitrogens is 2. The van der Waals surface area contributed by atoms with E-state index < -0.39 is 0 Å². The van der Waals surface area contributed by atoms with Gasteiger partial charge in [0.2, 0.25) is 0 Å². The first-order chi connectivity index (χ1) is 9.49. The Balaban J connectivity index is 1.95. The van der Waals surface area contributed by atoms with Crippen molar-refractivity contribution < 1.29 is 4.79 Å². The van der Waals surface area contributed by atoms with Crippen molar-refractivity contribution >= 4 is 17.2 Å². The van der Waals surface area contributed by atoms with Crippen LogP contribution in [0, 0.1) is 13.8 Å². The average molecular weight is 291 g/mol. The molecule has 0 bridgehead atoms. The van der Waals surface area contributed by atoms with Crippen LogP contribution in [0.1, 0.15) is 40.5 Å². The molecule has 0 radical (unpaired) electrons. The molecule has 0 aliphatic carbocycles. The highest BCUT2D eigenvalue weighted by molar-refractivity contribution is 7.10. The van der Waals surface area contributed by atoms with Crippen LogP contribution < -0.4 is 5.32 Å². The van der Waals surface area contributed by atoms with Gasteiger partial charge >= 0.3 is 0 Å². The fraction of sp³-hybridized carbons (Fsp3) is 0.467. The number of carbonyl (C=O) groups excluding carboxylic acids is 1. The minimum Gasteiger partial charge on any atom is -0.348 e. The first-order valence-electron chi connectivity index (χ1n) is 6.89. The third-order valence-electron chi connectivity index (χ3n) is 3.19. The lowest BCUT2D eigenvalue weighted by Crippen LogP contribution is -2.36. The molecular weight excluding hydrogens is 270 g/mol. The highest BCUT2D eigenvalue weighted by atomic mass is 32.1. The maximum atomic E-state index is 12.1. The number of amides is 1. The molecule has 0 saturated carbocycles. The Hall–Kier alpha value is -1.62. The Morgan fingerprint density at radius 1 is 1.45 bits per heavy atom. The molecule has 5 heteroatoms. The zero-order valence-corrected chi connectivity index (χ0v) is 13.3. The van der Waals surface area contributed by atoms with E-state index in [1.54, 1.807) is 11.3 Å². The van der Waals surface area contributed by atoms with Crippen LogP contribution in [0.3, 0.4) is 0 Å². The van der Waals surface area contributed by atoms with Crippen LogP contribution in [0.15, 0.2) is 17.5 Å². The van der Waals surface area contributed by atoms with E-state index in [0.29, 0.717) is 6.54 Å². The highest BCUT2D eigenvalue weighted by Crippen LogP contribution is 2.15. The monoisotopic (exact) mass is 291 g/mol. The van der Waals surface area contributed by atoms with E-state index in [4.69, 9.17) is 0 Å². The molecule has 2 aromatic heterocycles. The smallest absolute Gasteiger partial charge is 0.252 e. The minimum absolute atomic E-state index is 0.00465. The van der Waals surface area contributed by atoms with Gasteiger partial charge in [-0.15, -0.1) is 11.3 Å². The van der Waals surface area contributed by atoms with Crippen molar-refractivity contribution in [2.75, 3.05) is 0 Å². The molecule has 0 aliphatic heterocycles. The van der Waals surface area contributed by atoms with Gasteiger partial charge in [-0.1, -0.05) is 6.92 Å². The molecule has 1 amide bonds. The number of nitrogens with zero attached hydrogens (tertiary/aromatic N) is 2. The van der Waals surface area contributed by atoms with Crippen molar-refractivity contribution in [3.05, 3.63) is 39.3 Å². The van der Waals surface area contributed by atoms with Gasteiger partial charge in [0, 0.05) is 22.0 Å². The summed E-state index contributed by atoms with van der Waals surface area (Å²) in [5, 5.41) is 9.36. The first kappa shape index (κ1) is 14.8. The van der Waals surface area contributed by atoms with Crippen LogP contribution in [-0.4, -0.2) is 21.7 Å². The molecular formula is C15H21N3OS.